The summed E-state index contributed by atoms with van der Waals surface area (Å²) in [5, 5.41) is 0. The smallest absolute Gasteiger partial charge is 0.310 e. The maximum atomic E-state index is 12.2. The van der Waals surface area contributed by atoms with Gasteiger partial charge in [-0.3, -0.25) is 14.7 Å². The number of hydrogen-bond donors (Lipinski definition) is 0. The van der Waals surface area contributed by atoms with Crippen LogP contribution >= 0.6 is 0 Å². The molecule has 1 aliphatic rings. The number of ether oxygens (including phenoxy) is 1. The summed E-state index contributed by atoms with van der Waals surface area (Å²) < 4.78 is 29.8. The first-order chi connectivity index (χ1) is 9.63. The summed E-state index contributed by atoms with van der Waals surface area (Å²) in [5.74, 6) is -0.275. The predicted molar refractivity (Wildman–Crippen MR) is 69.5 cm³/mol. The number of alkyl halides is 2. The van der Waals surface area contributed by atoms with Crippen molar-refractivity contribution in [3.63, 3.8) is 0 Å². The molecule has 1 aliphatic heterocycles. The van der Waals surface area contributed by atoms with Crippen molar-refractivity contribution in [2.45, 2.75) is 31.8 Å². The number of hydrogen-bond acceptors (Lipinski definition) is 4. The molecule has 2 rings (SSSR count). The first-order valence-electron chi connectivity index (χ1n) is 6.72. The Morgan fingerprint density at radius 1 is 1.35 bits per heavy atom. The molecule has 0 unspecified atom stereocenters. The molecule has 6 heteroatoms. The first-order valence-corrected chi connectivity index (χ1v) is 6.72. The highest BCUT2D eigenvalue weighted by molar-refractivity contribution is 5.72. The summed E-state index contributed by atoms with van der Waals surface area (Å²) in [6.07, 6.45) is 2.26. The molecule has 0 N–H and O–H groups in total. The number of aromatic nitrogens is 1. The zero-order valence-corrected chi connectivity index (χ0v) is 11.2. The van der Waals surface area contributed by atoms with E-state index in [4.69, 9.17) is 4.74 Å². The maximum Gasteiger partial charge on any atom is 0.310 e. The van der Waals surface area contributed by atoms with Crippen molar-refractivity contribution >= 4 is 5.97 Å². The number of nitrogens with zero attached hydrogens (tertiary/aromatic N) is 2. The van der Waals surface area contributed by atoms with Crippen LogP contribution in [0.2, 0.25) is 0 Å². The highest BCUT2D eigenvalue weighted by atomic mass is 19.3. The molecule has 1 aromatic heterocycles. The minimum atomic E-state index is -2.30. The van der Waals surface area contributed by atoms with Gasteiger partial charge in [-0.05, 0) is 30.5 Å². The average Bonchev–Trinajstić information content (AvgIpc) is 2.41. The zero-order chi connectivity index (χ0) is 14.4. The van der Waals surface area contributed by atoms with Crippen molar-refractivity contribution in [2.75, 3.05) is 19.6 Å². The molecule has 0 aliphatic carbocycles. The van der Waals surface area contributed by atoms with Crippen molar-refractivity contribution in [3.05, 3.63) is 30.1 Å². The molecular weight excluding hydrogens is 266 g/mol. The van der Waals surface area contributed by atoms with E-state index < -0.39 is 6.43 Å². The van der Waals surface area contributed by atoms with E-state index in [0.717, 1.165) is 5.56 Å². The lowest BCUT2D eigenvalue weighted by Crippen LogP contribution is -2.40. The fourth-order valence-electron chi connectivity index (χ4n) is 2.30. The second kappa shape index (κ2) is 7.28. The SMILES string of the molecule is O=C(Cc1ccncc1)OC1CCN(CC(F)F)CC1. The first kappa shape index (κ1) is 14.8. The van der Waals surface area contributed by atoms with Gasteiger partial charge in [0.05, 0.1) is 13.0 Å². The molecule has 1 saturated heterocycles. The fraction of sp³-hybridized carbons (Fsp3) is 0.571. The lowest BCUT2D eigenvalue weighted by atomic mass is 10.1. The number of rotatable bonds is 5. The van der Waals surface area contributed by atoms with E-state index in [2.05, 4.69) is 4.98 Å². The molecule has 0 radical (unpaired) electrons. The number of likely N-dealkylation sites (tertiary alicyclic amines) is 1. The monoisotopic (exact) mass is 284 g/mol. The number of halogens is 2. The van der Waals surface area contributed by atoms with Crippen LogP contribution in [0.5, 0.6) is 0 Å². The molecule has 110 valence electrons. The largest absolute Gasteiger partial charge is 0.462 e. The highest BCUT2D eigenvalue weighted by Crippen LogP contribution is 2.15. The summed E-state index contributed by atoms with van der Waals surface area (Å²) in [4.78, 5) is 17.4. The molecule has 0 bridgehead atoms. The summed E-state index contributed by atoms with van der Waals surface area (Å²) in [6.45, 7) is 0.909. The Kier molecular flexibility index (Phi) is 5.40. The molecule has 1 fully saturated rings. The van der Waals surface area contributed by atoms with Crippen LogP contribution in [-0.4, -0.2) is 48.0 Å². The third-order valence-electron chi connectivity index (χ3n) is 3.33. The Labute approximate surface area is 116 Å². The number of carbonyl (C=O) groups excluding carboxylic acids is 1. The quantitative estimate of drug-likeness (QED) is 0.775. The van der Waals surface area contributed by atoms with E-state index in [9.17, 15) is 13.6 Å². The van der Waals surface area contributed by atoms with Gasteiger partial charge in [0, 0.05) is 25.5 Å². The molecule has 0 spiro atoms. The summed E-state index contributed by atoms with van der Waals surface area (Å²) in [6, 6.07) is 3.54. The van der Waals surface area contributed by atoms with Gasteiger partial charge in [-0.1, -0.05) is 0 Å². The van der Waals surface area contributed by atoms with Gasteiger partial charge in [0.25, 0.3) is 6.43 Å². The van der Waals surface area contributed by atoms with Gasteiger partial charge in [-0.25, -0.2) is 8.78 Å². The minimum absolute atomic E-state index is 0.154. The van der Waals surface area contributed by atoms with Gasteiger partial charge >= 0.3 is 5.97 Å². The number of carbonyl (C=O) groups is 1. The van der Waals surface area contributed by atoms with Crippen LogP contribution in [-0.2, 0) is 16.0 Å². The Morgan fingerprint density at radius 3 is 2.60 bits per heavy atom. The van der Waals surface area contributed by atoms with Gasteiger partial charge in [0.2, 0.25) is 0 Å². The van der Waals surface area contributed by atoms with Crippen molar-refractivity contribution in [1.29, 1.82) is 0 Å². The molecular formula is C14H18F2N2O2. The van der Waals surface area contributed by atoms with E-state index >= 15 is 0 Å². The number of pyridine rings is 1. The van der Waals surface area contributed by atoms with Gasteiger partial charge < -0.3 is 4.74 Å². The molecule has 1 aromatic rings. The summed E-state index contributed by atoms with van der Waals surface area (Å²) >= 11 is 0. The van der Waals surface area contributed by atoms with E-state index in [-0.39, 0.29) is 25.0 Å². The molecule has 2 heterocycles. The summed E-state index contributed by atoms with van der Waals surface area (Å²) in [5.41, 5.74) is 0.861. The average molecular weight is 284 g/mol. The van der Waals surface area contributed by atoms with E-state index in [0.29, 0.717) is 25.9 Å². The highest BCUT2D eigenvalue weighted by Gasteiger charge is 2.23. The molecule has 20 heavy (non-hydrogen) atoms. The third kappa shape index (κ3) is 4.85. The standard InChI is InChI=1S/C14H18F2N2O2/c15-13(16)10-18-7-3-12(4-8-18)20-14(19)9-11-1-5-17-6-2-11/h1-2,5-6,12-13H,3-4,7-10H2. The topological polar surface area (TPSA) is 42.4 Å². The zero-order valence-electron chi connectivity index (χ0n) is 11.2. The molecule has 0 atom stereocenters. The Hall–Kier alpha value is -1.56. The molecule has 0 saturated carbocycles. The third-order valence-corrected chi connectivity index (χ3v) is 3.33. The van der Waals surface area contributed by atoms with E-state index in [1.807, 2.05) is 0 Å². The maximum absolute atomic E-state index is 12.2. The number of piperidine rings is 1. The van der Waals surface area contributed by atoms with Crippen LogP contribution in [0.4, 0.5) is 8.78 Å². The Morgan fingerprint density at radius 2 is 2.00 bits per heavy atom. The normalized spacial score (nSPS) is 17.4. The lowest BCUT2D eigenvalue weighted by molar-refractivity contribution is -0.150. The second-order valence-corrected chi connectivity index (χ2v) is 4.91. The van der Waals surface area contributed by atoms with Crippen molar-refractivity contribution in [1.82, 2.24) is 9.88 Å². The second-order valence-electron chi connectivity index (χ2n) is 4.91. The van der Waals surface area contributed by atoms with Crippen molar-refractivity contribution < 1.29 is 18.3 Å². The minimum Gasteiger partial charge on any atom is -0.462 e. The van der Waals surface area contributed by atoms with Gasteiger partial charge in [0.15, 0.2) is 0 Å². The van der Waals surface area contributed by atoms with Crippen LogP contribution in [0.25, 0.3) is 0 Å². The fourth-order valence-corrected chi connectivity index (χ4v) is 2.30. The molecule has 0 aromatic carbocycles. The van der Waals surface area contributed by atoms with Crippen molar-refractivity contribution in [2.24, 2.45) is 0 Å². The van der Waals surface area contributed by atoms with E-state index in [1.54, 1.807) is 29.4 Å². The van der Waals surface area contributed by atoms with Crippen LogP contribution in [0.15, 0.2) is 24.5 Å². The molecule has 0 amide bonds. The van der Waals surface area contributed by atoms with Crippen LogP contribution in [0.3, 0.4) is 0 Å². The van der Waals surface area contributed by atoms with Crippen LogP contribution in [0.1, 0.15) is 18.4 Å². The van der Waals surface area contributed by atoms with Crippen LogP contribution in [0, 0.1) is 0 Å². The lowest BCUT2D eigenvalue weighted by Gasteiger charge is -2.31. The van der Waals surface area contributed by atoms with E-state index in [1.165, 1.54) is 0 Å². The molecule has 4 nitrogen and oxygen atoms in total. The van der Waals surface area contributed by atoms with Gasteiger partial charge in [-0.2, -0.15) is 0 Å². The van der Waals surface area contributed by atoms with Gasteiger partial charge in [-0.15, -0.1) is 0 Å². The number of esters is 1. The Balaban J connectivity index is 1.71. The van der Waals surface area contributed by atoms with Crippen LogP contribution < -0.4 is 0 Å². The van der Waals surface area contributed by atoms with Crippen molar-refractivity contribution in [3.8, 4) is 0 Å². The van der Waals surface area contributed by atoms with Gasteiger partial charge in [0.1, 0.15) is 6.10 Å². The summed E-state index contributed by atoms with van der Waals surface area (Å²) in [7, 11) is 0. The Bertz CT molecular complexity index is 420. The predicted octanol–water partition coefficient (Wildman–Crippen LogP) is 1.90.